The minimum atomic E-state index is -0.271. The van der Waals surface area contributed by atoms with Crippen LogP contribution in [-0.2, 0) is 6.42 Å². The van der Waals surface area contributed by atoms with Crippen LogP contribution in [0.15, 0.2) is 48.5 Å². The van der Waals surface area contributed by atoms with Crippen LogP contribution in [0.5, 0.6) is 0 Å². The van der Waals surface area contributed by atoms with E-state index < -0.39 is 0 Å². The van der Waals surface area contributed by atoms with Gasteiger partial charge in [-0.1, -0.05) is 25.1 Å². The molecule has 1 N–H and O–H groups in total. The van der Waals surface area contributed by atoms with Gasteiger partial charge < -0.3 is 10.2 Å². The van der Waals surface area contributed by atoms with Crippen molar-refractivity contribution in [2.24, 2.45) is 5.92 Å². The maximum atomic E-state index is 12.9. The minimum absolute atomic E-state index is 0.0116. The van der Waals surface area contributed by atoms with Crippen molar-refractivity contribution in [2.75, 3.05) is 19.6 Å². The van der Waals surface area contributed by atoms with Crippen LogP contribution in [0.2, 0.25) is 0 Å². The number of benzene rings is 2. The van der Waals surface area contributed by atoms with Gasteiger partial charge in [0.25, 0.3) is 11.8 Å². The summed E-state index contributed by atoms with van der Waals surface area (Å²) < 4.78 is 12.9. The van der Waals surface area contributed by atoms with Crippen LogP contribution in [0.3, 0.4) is 0 Å². The number of likely N-dealkylation sites (tertiary alicyclic amines) is 1. The number of halogens is 1. The fourth-order valence-corrected chi connectivity index (χ4v) is 3.42. The fourth-order valence-electron chi connectivity index (χ4n) is 3.42. The molecule has 0 spiro atoms. The number of carbonyl (C=O) groups excluding carboxylic acids is 2. The predicted molar refractivity (Wildman–Crippen MR) is 103 cm³/mol. The minimum Gasteiger partial charge on any atom is -0.352 e. The summed E-state index contributed by atoms with van der Waals surface area (Å²) in [5.74, 6) is 0.0225. The Balaban J connectivity index is 1.58. The zero-order valence-electron chi connectivity index (χ0n) is 15.6. The van der Waals surface area contributed by atoms with E-state index in [0.29, 0.717) is 30.0 Å². The van der Waals surface area contributed by atoms with Crippen LogP contribution in [0, 0.1) is 11.7 Å². The van der Waals surface area contributed by atoms with Crippen LogP contribution in [-0.4, -0.2) is 36.3 Å². The lowest BCUT2D eigenvalue weighted by Gasteiger charge is -2.31. The number of hydrogen-bond donors (Lipinski definition) is 1. The molecule has 1 heterocycles. The Morgan fingerprint density at radius 3 is 2.63 bits per heavy atom. The van der Waals surface area contributed by atoms with Gasteiger partial charge in [-0.05, 0) is 61.1 Å². The molecule has 3 rings (SSSR count). The first kappa shape index (κ1) is 19.1. The highest BCUT2D eigenvalue weighted by Crippen LogP contribution is 2.18. The highest BCUT2D eigenvalue weighted by molar-refractivity contribution is 5.99. The molecule has 1 atom stereocenters. The highest BCUT2D eigenvalue weighted by atomic mass is 19.1. The molecular weight excluding hydrogens is 343 g/mol. The SMILES string of the molecule is CC1CCCN(C(=O)c2cccc(C(=O)NCCc3ccc(F)cc3)c2)C1. The quantitative estimate of drug-likeness (QED) is 0.875. The van der Waals surface area contributed by atoms with E-state index in [9.17, 15) is 14.0 Å². The lowest BCUT2D eigenvalue weighted by atomic mass is 9.99. The average molecular weight is 368 g/mol. The van der Waals surface area contributed by atoms with Gasteiger partial charge >= 0.3 is 0 Å². The van der Waals surface area contributed by atoms with Crippen molar-refractivity contribution in [1.82, 2.24) is 10.2 Å². The van der Waals surface area contributed by atoms with E-state index in [1.54, 1.807) is 36.4 Å². The normalized spacial score (nSPS) is 16.8. The monoisotopic (exact) mass is 368 g/mol. The Bertz CT molecular complexity index is 804. The second-order valence-electron chi connectivity index (χ2n) is 7.21. The summed E-state index contributed by atoms with van der Waals surface area (Å²) in [7, 11) is 0. The maximum absolute atomic E-state index is 12.9. The summed E-state index contributed by atoms with van der Waals surface area (Å²) in [6.45, 7) is 4.15. The highest BCUT2D eigenvalue weighted by Gasteiger charge is 2.22. The molecule has 1 fully saturated rings. The van der Waals surface area contributed by atoms with Crippen molar-refractivity contribution in [3.8, 4) is 0 Å². The molecule has 142 valence electrons. The van der Waals surface area contributed by atoms with Crippen molar-refractivity contribution in [1.29, 1.82) is 0 Å². The number of carbonyl (C=O) groups is 2. The van der Waals surface area contributed by atoms with Crippen molar-refractivity contribution in [2.45, 2.75) is 26.2 Å². The number of nitrogens with zero attached hydrogens (tertiary/aromatic N) is 1. The smallest absolute Gasteiger partial charge is 0.253 e. The summed E-state index contributed by atoms with van der Waals surface area (Å²) >= 11 is 0. The van der Waals surface area contributed by atoms with Crippen LogP contribution >= 0.6 is 0 Å². The van der Waals surface area contributed by atoms with Gasteiger partial charge in [-0.15, -0.1) is 0 Å². The summed E-state index contributed by atoms with van der Waals surface area (Å²) in [5, 5.41) is 2.86. The predicted octanol–water partition coefficient (Wildman–Crippen LogP) is 3.67. The Morgan fingerprint density at radius 2 is 1.89 bits per heavy atom. The topological polar surface area (TPSA) is 49.4 Å². The first-order valence-electron chi connectivity index (χ1n) is 9.45. The van der Waals surface area contributed by atoms with Crippen LogP contribution in [0.1, 0.15) is 46.0 Å². The number of hydrogen-bond acceptors (Lipinski definition) is 2. The molecule has 0 aromatic heterocycles. The van der Waals surface area contributed by atoms with Gasteiger partial charge in [0.05, 0.1) is 0 Å². The molecular formula is C22H25FN2O2. The van der Waals surface area contributed by atoms with Crippen LogP contribution < -0.4 is 5.32 Å². The van der Waals surface area contributed by atoms with Crippen molar-refractivity contribution < 1.29 is 14.0 Å². The lowest BCUT2D eigenvalue weighted by molar-refractivity contribution is 0.0683. The maximum Gasteiger partial charge on any atom is 0.253 e. The van der Waals surface area contributed by atoms with Crippen molar-refractivity contribution in [3.63, 3.8) is 0 Å². The van der Waals surface area contributed by atoms with Gasteiger partial charge in [-0.2, -0.15) is 0 Å². The summed E-state index contributed by atoms with van der Waals surface area (Å²) in [6.07, 6.45) is 2.80. The molecule has 2 aromatic carbocycles. The van der Waals surface area contributed by atoms with Gasteiger partial charge in [0.1, 0.15) is 5.82 Å². The zero-order chi connectivity index (χ0) is 19.2. The molecule has 1 aliphatic heterocycles. The van der Waals surface area contributed by atoms with Gasteiger partial charge in [0.2, 0.25) is 0 Å². The molecule has 2 amide bonds. The molecule has 1 aliphatic rings. The van der Waals surface area contributed by atoms with Gasteiger partial charge in [0.15, 0.2) is 0 Å². The number of piperidine rings is 1. The second kappa shape index (κ2) is 8.80. The Hall–Kier alpha value is -2.69. The van der Waals surface area contributed by atoms with Crippen molar-refractivity contribution >= 4 is 11.8 Å². The third-order valence-electron chi connectivity index (χ3n) is 4.93. The van der Waals surface area contributed by atoms with E-state index >= 15 is 0 Å². The van der Waals surface area contributed by atoms with Gasteiger partial charge in [-0.25, -0.2) is 4.39 Å². The largest absolute Gasteiger partial charge is 0.352 e. The van der Waals surface area contributed by atoms with Gasteiger partial charge in [0, 0.05) is 30.8 Å². The molecule has 0 saturated carbocycles. The lowest BCUT2D eigenvalue weighted by Crippen LogP contribution is -2.39. The number of nitrogens with one attached hydrogen (secondary N) is 1. The molecule has 0 radical (unpaired) electrons. The number of amides is 2. The fraction of sp³-hybridized carbons (Fsp3) is 0.364. The van der Waals surface area contributed by atoms with E-state index in [1.807, 2.05) is 4.90 Å². The first-order valence-corrected chi connectivity index (χ1v) is 9.45. The zero-order valence-corrected chi connectivity index (χ0v) is 15.6. The van der Waals surface area contributed by atoms with E-state index in [2.05, 4.69) is 12.2 Å². The molecule has 27 heavy (non-hydrogen) atoms. The Kier molecular flexibility index (Phi) is 6.22. The third-order valence-corrected chi connectivity index (χ3v) is 4.93. The summed E-state index contributed by atoms with van der Waals surface area (Å²) in [5.41, 5.74) is 1.99. The molecule has 0 aliphatic carbocycles. The van der Waals surface area contributed by atoms with Gasteiger partial charge in [-0.3, -0.25) is 9.59 Å². The first-order chi connectivity index (χ1) is 13.0. The average Bonchev–Trinajstić information content (AvgIpc) is 2.69. The summed E-state index contributed by atoms with van der Waals surface area (Å²) in [4.78, 5) is 27.0. The molecule has 1 unspecified atom stereocenters. The standard InChI is InChI=1S/C22H25FN2O2/c1-16-4-3-13-25(15-16)22(27)19-6-2-5-18(14-19)21(26)24-12-11-17-7-9-20(23)10-8-17/h2,5-10,14,16H,3-4,11-13,15H2,1H3,(H,24,26). The van der Waals surface area contributed by atoms with E-state index in [0.717, 1.165) is 31.5 Å². The Morgan fingerprint density at radius 1 is 1.15 bits per heavy atom. The number of rotatable bonds is 5. The van der Waals surface area contributed by atoms with E-state index in [4.69, 9.17) is 0 Å². The third kappa shape index (κ3) is 5.16. The molecule has 2 aromatic rings. The Labute approximate surface area is 159 Å². The van der Waals surface area contributed by atoms with Crippen LogP contribution in [0.25, 0.3) is 0 Å². The molecule has 5 heteroatoms. The van der Waals surface area contributed by atoms with Crippen molar-refractivity contribution in [3.05, 3.63) is 71.0 Å². The molecule has 1 saturated heterocycles. The van der Waals surface area contributed by atoms with Crippen LogP contribution in [0.4, 0.5) is 4.39 Å². The van der Waals surface area contributed by atoms with E-state index in [-0.39, 0.29) is 17.6 Å². The summed E-state index contributed by atoms with van der Waals surface area (Å²) in [6, 6.07) is 13.1. The second-order valence-corrected chi connectivity index (χ2v) is 7.21. The molecule has 0 bridgehead atoms. The van der Waals surface area contributed by atoms with E-state index in [1.165, 1.54) is 12.1 Å². The molecule has 4 nitrogen and oxygen atoms in total.